The van der Waals surface area contributed by atoms with Gasteiger partial charge < -0.3 is 15.0 Å². The van der Waals surface area contributed by atoms with E-state index in [9.17, 15) is 4.79 Å². The first-order chi connectivity index (χ1) is 6.33. The highest BCUT2D eigenvalue weighted by Crippen LogP contribution is 2.06. The molecule has 0 aliphatic heterocycles. The van der Waals surface area contributed by atoms with Crippen LogP contribution >= 0.6 is 0 Å². The molecule has 0 saturated carbocycles. The van der Waals surface area contributed by atoms with Gasteiger partial charge in [-0.3, -0.25) is 4.79 Å². The molecule has 0 spiro atoms. The van der Waals surface area contributed by atoms with Crippen molar-refractivity contribution in [3.05, 3.63) is 30.3 Å². The Labute approximate surface area is 76.9 Å². The van der Waals surface area contributed by atoms with Crippen LogP contribution < -0.4 is 10.4 Å². The molecule has 0 bridgehead atoms. The fraction of sp³-hybridized carbons (Fsp3) is 0.125. The van der Waals surface area contributed by atoms with Crippen molar-refractivity contribution in [2.45, 2.75) is 0 Å². The minimum atomic E-state index is -0.476. The van der Waals surface area contributed by atoms with Crippen molar-refractivity contribution in [3.8, 4) is 5.75 Å². The highest BCUT2D eigenvalue weighted by atomic mass is 16.6. The van der Waals surface area contributed by atoms with Crippen LogP contribution in [0.1, 0.15) is 0 Å². The second-order valence-electron chi connectivity index (χ2n) is 2.30. The van der Waals surface area contributed by atoms with Crippen LogP contribution in [0, 0.1) is 0 Å². The molecule has 0 aliphatic carbocycles. The normalized spacial score (nSPS) is 9.00. The van der Waals surface area contributed by atoms with Gasteiger partial charge in [0.15, 0.2) is 0 Å². The molecule has 5 heteroatoms. The third-order valence-electron chi connectivity index (χ3n) is 1.36. The van der Waals surface area contributed by atoms with Crippen LogP contribution in [-0.2, 0) is 9.45 Å². The van der Waals surface area contributed by atoms with Crippen LogP contribution in [0.5, 0.6) is 5.75 Å². The lowest BCUT2D eigenvalue weighted by Crippen LogP contribution is -2.21. The van der Waals surface area contributed by atoms with Crippen molar-refractivity contribution < 1.29 is 14.1 Å². The molecule has 4 nitrogen and oxygen atoms in total. The first kappa shape index (κ1) is 9.60. The van der Waals surface area contributed by atoms with E-state index >= 15 is 0 Å². The number of rotatable bonds is 4. The number of benzene rings is 1. The zero-order chi connectivity index (χ0) is 9.52. The molecule has 0 amide bonds. The van der Waals surface area contributed by atoms with Crippen molar-refractivity contribution in [1.29, 1.82) is 0 Å². The molecule has 0 fully saturated rings. The van der Waals surface area contributed by atoms with E-state index in [1.807, 2.05) is 18.2 Å². The summed E-state index contributed by atoms with van der Waals surface area (Å²) in [4.78, 5) is 10.6. The Bertz CT molecular complexity index is 265. The summed E-state index contributed by atoms with van der Waals surface area (Å²) in [6.07, 6.45) is 0. The molecule has 68 valence electrons. The van der Waals surface area contributed by atoms with Crippen LogP contribution in [-0.4, -0.2) is 20.2 Å². The van der Waals surface area contributed by atoms with Gasteiger partial charge in [0.05, 0.1) is 6.54 Å². The predicted molar refractivity (Wildman–Crippen MR) is 49.4 cm³/mol. The lowest BCUT2D eigenvalue weighted by Gasteiger charge is -2.04. The largest absolute Gasteiger partial charge is 0.578 e. The van der Waals surface area contributed by atoms with Gasteiger partial charge in [0.2, 0.25) is 0 Å². The molecule has 1 rings (SSSR count). The summed E-state index contributed by atoms with van der Waals surface area (Å²) >= 11 is 0. The zero-order valence-electron chi connectivity index (χ0n) is 7.10. The van der Waals surface area contributed by atoms with Crippen LogP contribution in [0.15, 0.2) is 30.3 Å². The monoisotopic (exact) mass is 179 g/mol. The Morgan fingerprint density at radius 1 is 1.38 bits per heavy atom. The Balaban J connectivity index is 2.24. The van der Waals surface area contributed by atoms with Crippen LogP contribution in [0.2, 0.25) is 0 Å². The van der Waals surface area contributed by atoms with Crippen molar-refractivity contribution >= 4 is 13.7 Å². The summed E-state index contributed by atoms with van der Waals surface area (Å²) in [7, 11) is -0.0972. The van der Waals surface area contributed by atoms with Crippen molar-refractivity contribution in [2.24, 2.45) is 5.73 Å². The molecule has 0 atom stereocenters. The van der Waals surface area contributed by atoms with E-state index in [1.165, 1.54) is 0 Å². The topological polar surface area (TPSA) is 61.6 Å². The molecule has 0 aliphatic rings. The average molecular weight is 179 g/mol. The van der Waals surface area contributed by atoms with Crippen molar-refractivity contribution in [2.75, 3.05) is 6.54 Å². The molecule has 1 aromatic rings. The summed E-state index contributed by atoms with van der Waals surface area (Å²) in [5, 5.41) is 0. The molecule has 0 saturated heterocycles. The van der Waals surface area contributed by atoms with E-state index in [0.29, 0.717) is 5.75 Å². The van der Waals surface area contributed by atoms with Gasteiger partial charge in [-0.1, -0.05) is 18.2 Å². The van der Waals surface area contributed by atoms with E-state index in [2.05, 4.69) is 4.65 Å². The second kappa shape index (κ2) is 5.21. The highest BCUT2D eigenvalue weighted by Gasteiger charge is 2.01. The minimum Gasteiger partial charge on any atom is -0.528 e. The van der Waals surface area contributed by atoms with Gasteiger partial charge in [-0.15, -0.1) is 0 Å². The van der Waals surface area contributed by atoms with Crippen molar-refractivity contribution in [1.82, 2.24) is 0 Å². The molecular formula is C8H10BNO3. The van der Waals surface area contributed by atoms with Gasteiger partial charge in [0.25, 0.3) is 0 Å². The van der Waals surface area contributed by atoms with E-state index in [-0.39, 0.29) is 14.2 Å². The first-order valence-corrected chi connectivity index (χ1v) is 3.86. The summed E-state index contributed by atoms with van der Waals surface area (Å²) in [6.45, 7) is -0.127. The molecule has 2 N–H and O–H groups in total. The Morgan fingerprint density at radius 2 is 2.08 bits per heavy atom. The highest BCUT2D eigenvalue weighted by molar-refractivity contribution is 6.23. The predicted octanol–water partition coefficient (Wildman–Crippen LogP) is -0.166. The van der Waals surface area contributed by atoms with E-state index in [1.54, 1.807) is 12.1 Å². The lowest BCUT2D eigenvalue weighted by molar-refractivity contribution is -0.133. The SMILES string of the molecule is NCC(=O)OBOc1ccccc1. The number of nitrogens with two attached hydrogens (primary N) is 1. The van der Waals surface area contributed by atoms with Gasteiger partial charge >= 0.3 is 13.7 Å². The maximum atomic E-state index is 10.6. The Kier molecular flexibility index (Phi) is 3.85. The lowest BCUT2D eigenvalue weighted by atomic mass is 10.3. The minimum absolute atomic E-state index is 0.0972. The molecule has 0 heterocycles. The Hall–Kier alpha value is -1.49. The van der Waals surface area contributed by atoms with Crippen molar-refractivity contribution in [3.63, 3.8) is 0 Å². The number of carbonyl (C=O) groups is 1. The number of hydrogen-bond donors (Lipinski definition) is 1. The smallest absolute Gasteiger partial charge is 0.528 e. The second-order valence-corrected chi connectivity index (χ2v) is 2.30. The van der Waals surface area contributed by atoms with Gasteiger partial charge in [0, 0.05) is 0 Å². The fourth-order valence-corrected chi connectivity index (χ4v) is 0.739. The molecule has 0 unspecified atom stereocenters. The summed E-state index contributed by atoms with van der Waals surface area (Å²) in [5.74, 6) is 0.184. The standard InChI is InChI=1S/C8H10BNO3/c10-6-8(11)13-9-12-7-4-2-1-3-5-7/h1-5,9H,6,10H2. The average Bonchev–Trinajstić information content (AvgIpc) is 2.19. The van der Waals surface area contributed by atoms with Gasteiger partial charge in [-0.2, -0.15) is 0 Å². The molecule has 0 radical (unpaired) electrons. The third-order valence-corrected chi connectivity index (χ3v) is 1.36. The van der Waals surface area contributed by atoms with Gasteiger partial charge in [-0.25, -0.2) is 0 Å². The molecular weight excluding hydrogens is 169 g/mol. The summed E-state index contributed by atoms with van der Waals surface area (Å²) < 4.78 is 9.69. The van der Waals surface area contributed by atoms with Crippen LogP contribution in [0.3, 0.4) is 0 Å². The van der Waals surface area contributed by atoms with E-state index in [0.717, 1.165) is 0 Å². The number of hydrogen-bond acceptors (Lipinski definition) is 4. The fourth-order valence-electron chi connectivity index (χ4n) is 0.739. The molecule has 1 aromatic carbocycles. The van der Waals surface area contributed by atoms with Gasteiger partial charge in [-0.05, 0) is 12.1 Å². The zero-order valence-corrected chi connectivity index (χ0v) is 7.10. The first-order valence-electron chi connectivity index (χ1n) is 3.86. The quantitative estimate of drug-likeness (QED) is 0.652. The summed E-state index contributed by atoms with van der Waals surface area (Å²) in [5.41, 5.74) is 5.02. The third kappa shape index (κ3) is 3.62. The molecule has 0 aromatic heterocycles. The van der Waals surface area contributed by atoms with Crippen LogP contribution in [0.4, 0.5) is 0 Å². The maximum absolute atomic E-state index is 10.6. The number of carbonyl (C=O) groups excluding carboxylic acids is 1. The Morgan fingerprint density at radius 3 is 2.69 bits per heavy atom. The van der Waals surface area contributed by atoms with Gasteiger partial charge in [0.1, 0.15) is 5.75 Å². The summed E-state index contributed by atoms with van der Waals surface area (Å²) in [6, 6.07) is 9.09. The number of para-hydroxylation sites is 1. The van der Waals surface area contributed by atoms with E-state index in [4.69, 9.17) is 10.4 Å². The van der Waals surface area contributed by atoms with E-state index < -0.39 is 5.97 Å². The maximum Gasteiger partial charge on any atom is 0.578 e. The van der Waals surface area contributed by atoms with Crippen LogP contribution in [0.25, 0.3) is 0 Å². The molecule has 13 heavy (non-hydrogen) atoms.